The lowest BCUT2D eigenvalue weighted by Crippen LogP contribution is -2.44. The molecular weight excluding hydrogens is 320 g/mol. The van der Waals surface area contributed by atoms with Crippen LogP contribution >= 0.6 is 0 Å². The van der Waals surface area contributed by atoms with E-state index >= 15 is 0 Å². The number of benzene rings is 1. The Hall–Kier alpha value is -2.41. The van der Waals surface area contributed by atoms with Gasteiger partial charge in [0.15, 0.2) is 5.82 Å². The average molecular weight is 344 g/mol. The molecule has 1 aliphatic rings. The molecule has 1 fully saturated rings. The third-order valence-electron chi connectivity index (χ3n) is 4.44. The summed E-state index contributed by atoms with van der Waals surface area (Å²) in [6.45, 7) is 1.81. The molecule has 2 amide bonds. The van der Waals surface area contributed by atoms with Gasteiger partial charge in [-0.2, -0.15) is 4.98 Å². The van der Waals surface area contributed by atoms with Crippen LogP contribution in [-0.4, -0.2) is 33.4 Å². The zero-order valence-electron chi connectivity index (χ0n) is 14.3. The van der Waals surface area contributed by atoms with E-state index < -0.39 is 0 Å². The predicted octanol–water partition coefficient (Wildman–Crippen LogP) is 2.32. The first-order chi connectivity index (χ1) is 12.1. The van der Waals surface area contributed by atoms with Crippen molar-refractivity contribution in [2.75, 3.05) is 0 Å². The zero-order valence-corrected chi connectivity index (χ0v) is 14.3. The molecule has 3 rings (SSSR count). The van der Waals surface area contributed by atoms with Crippen molar-refractivity contribution in [1.29, 1.82) is 0 Å². The first-order valence-corrected chi connectivity index (χ1v) is 8.71. The Morgan fingerprint density at radius 1 is 1.28 bits per heavy atom. The standard InChI is InChI=1S/C18H24N4O3/c1-12(19-18(24)20-14-7-9-15(23)10-8-14)17-21-16(22-25-17)11-13-5-3-2-4-6-13/h2-6,12,14-15,23H,7-11H2,1H3,(H2,19,20,24). The van der Waals surface area contributed by atoms with Gasteiger partial charge in [0.1, 0.15) is 6.04 Å². The number of aromatic nitrogens is 2. The van der Waals surface area contributed by atoms with Crippen molar-refractivity contribution in [1.82, 2.24) is 20.8 Å². The number of aliphatic hydroxyl groups excluding tert-OH is 1. The molecule has 0 saturated heterocycles. The van der Waals surface area contributed by atoms with Crippen LogP contribution in [0.1, 0.15) is 55.9 Å². The van der Waals surface area contributed by atoms with E-state index in [0.29, 0.717) is 18.1 Å². The molecule has 1 aromatic heterocycles. The SMILES string of the molecule is CC(NC(=O)NC1CCC(O)CC1)c1nc(Cc2ccccc2)no1. The summed E-state index contributed by atoms with van der Waals surface area (Å²) in [5, 5.41) is 19.2. The number of nitrogens with one attached hydrogen (secondary N) is 2. The molecular formula is C18H24N4O3. The molecule has 0 spiro atoms. The molecule has 0 aliphatic heterocycles. The summed E-state index contributed by atoms with van der Waals surface area (Å²) in [5.74, 6) is 0.983. The largest absolute Gasteiger partial charge is 0.393 e. The van der Waals surface area contributed by atoms with E-state index in [-0.39, 0.29) is 24.2 Å². The van der Waals surface area contributed by atoms with Crippen molar-refractivity contribution in [2.24, 2.45) is 0 Å². The molecule has 0 bridgehead atoms. The monoisotopic (exact) mass is 344 g/mol. The maximum Gasteiger partial charge on any atom is 0.315 e. The van der Waals surface area contributed by atoms with Crippen LogP contribution in [0.4, 0.5) is 4.79 Å². The van der Waals surface area contributed by atoms with Crippen molar-refractivity contribution >= 4 is 6.03 Å². The lowest BCUT2D eigenvalue weighted by molar-refractivity contribution is 0.117. The minimum absolute atomic E-state index is 0.104. The van der Waals surface area contributed by atoms with Crippen molar-refractivity contribution in [3.05, 3.63) is 47.6 Å². The topological polar surface area (TPSA) is 100 Å². The maximum absolute atomic E-state index is 12.1. The number of carbonyl (C=O) groups excluding carboxylic acids is 1. The highest BCUT2D eigenvalue weighted by atomic mass is 16.5. The van der Waals surface area contributed by atoms with Gasteiger partial charge in [-0.15, -0.1) is 0 Å². The van der Waals surface area contributed by atoms with E-state index in [9.17, 15) is 9.90 Å². The van der Waals surface area contributed by atoms with Gasteiger partial charge in [0.05, 0.1) is 6.10 Å². The van der Waals surface area contributed by atoms with E-state index in [2.05, 4.69) is 20.8 Å². The molecule has 0 radical (unpaired) electrons. The van der Waals surface area contributed by atoms with Gasteiger partial charge in [0.2, 0.25) is 5.89 Å². The highest BCUT2D eigenvalue weighted by Gasteiger charge is 2.22. The zero-order chi connectivity index (χ0) is 17.6. The Balaban J connectivity index is 1.49. The normalized spacial score (nSPS) is 21.5. The van der Waals surface area contributed by atoms with Gasteiger partial charge in [-0.25, -0.2) is 4.79 Å². The van der Waals surface area contributed by atoms with E-state index in [1.54, 1.807) is 0 Å². The van der Waals surface area contributed by atoms with Gasteiger partial charge >= 0.3 is 6.03 Å². The first kappa shape index (κ1) is 17.4. The van der Waals surface area contributed by atoms with Crippen LogP contribution < -0.4 is 10.6 Å². The minimum Gasteiger partial charge on any atom is -0.393 e. The van der Waals surface area contributed by atoms with Crippen molar-refractivity contribution < 1.29 is 14.4 Å². The highest BCUT2D eigenvalue weighted by molar-refractivity contribution is 5.74. The van der Waals surface area contributed by atoms with Gasteiger partial charge in [-0.1, -0.05) is 35.5 Å². The van der Waals surface area contributed by atoms with Gasteiger partial charge in [-0.05, 0) is 38.2 Å². The molecule has 1 unspecified atom stereocenters. The number of nitrogens with zero attached hydrogens (tertiary/aromatic N) is 2. The van der Waals surface area contributed by atoms with E-state index in [0.717, 1.165) is 31.2 Å². The van der Waals surface area contributed by atoms with Gasteiger partial charge < -0.3 is 20.3 Å². The summed E-state index contributed by atoms with van der Waals surface area (Å²) in [6.07, 6.45) is 3.41. The highest BCUT2D eigenvalue weighted by Crippen LogP contribution is 2.18. The number of urea groups is 1. The number of hydrogen-bond donors (Lipinski definition) is 3. The number of rotatable bonds is 5. The summed E-state index contributed by atoms with van der Waals surface area (Å²) in [5.41, 5.74) is 1.10. The third kappa shape index (κ3) is 5.03. The summed E-state index contributed by atoms with van der Waals surface area (Å²) in [6, 6.07) is 9.39. The fourth-order valence-electron chi connectivity index (χ4n) is 3.00. The van der Waals surface area contributed by atoms with Crippen LogP contribution in [-0.2, 0) is 6.42 Å². The average Bonchev–Trinajstić information content (AvgIpc) is 3.06. The summed E-state index contributed by atoms with van der Waals surface area (Å²) >= 11 is 0. The molecule has 1 atom stereocenters. The summed E-state index contributed by atoms with van der Waals surface area (Å²) in [4.78, 5) is 16.5. The molecule has 3 N–H and O–H groups in total. The van der Waals surface area contributed by atoms with E-state index in [1.807, 2.05) is 37.3 Å². The summed E-state index contributed by atoms with van der Waals surface area (Å²) < 4.78 is 5.27. The van der Waals surface area contributed by atoms with Crippen molar-refractivity contribution in [2.45, 2.75) is 57.2 Å². The van der Waals surface area contributed by atoms with Gasteiger partial charge in [-0.3, -0.25) is 0 Å². The van der Waals surface area contributed by atoms with Crippen molar-refractivity contribution in [3.8, 4) is 0 Å². The smallest absolute Gasteiger partial charge is 0.315 e. The number of hydrogen-bond acceptors (Lipinski definition) is 5. The minimum atomic E-state index is -0.369. The Labute approximate surface area is 146 Å². The Bertz CT molecular complexity index is 681. The third-order valence-corrected chi connectivity index (χ3v) is 4.44. The number of aliphatic hydroxyl groups is 1. The Morgan fingerprint density at radius 2 is 2.00 bits per heavy atom. The van der Waals surface area contributed by atoms with Crippen LogP contribution in [0.15, 0.2) is 34.9 Å². The van der Waals surface area contributed by atoms with Crippen LogP contribution in [0, 0.1) is 0 Å². The lowest BCUT2D eigenvalue weighted by atomic mass is 9.93. The maximum atomic E-state index is 12.1. The van der Waals surface area contributed by atoms with E-state index in [1.165, 1.54) is 0 Å². The molecule has 1 aliphatic carbocycles. The van der Waals surface area contributed by atoms with E-state index in [4.69, 9.17) is 4.52 Å². The molecule has 134 valence electrons. The van der Waals surface area contributed by atoms with Crippen molar-refractivity contribution in [3.63, 3.8) is 0 Å². The Kier molecular flexibility index (Phi) is 5.65. The predicted molar refractivity (Wildman–Crippen MR) is 91.9 cm³/mol. The molecule has 1 heterocycles. The van der Waals surface area contributed by atoms with Crippen LogP contribution in [0.25, 0.3) is 0 Å². The second kappa shape index (κ2) is 8.11. The van der Waals surface area contributed by atoms with Crippen LogP contribution in [0.5, 0.6) is 0 Å². The second-order valence-electron chi connectivity index (χ2n) is 6.56. The van der Waals surface area contributed by atoms with Crippen LogP contribution in [0.2, 0.25) is 0 Å². The van der Waals surface area contributed by atoms with Gasteiger partial charge in [0.25, 0.3) is 0 Å². The molecule has 7 nitrogen and oxygen atoms in total. The lowest BCUT2D eigenvalue weighted by Gasteiger charge is -2.26. The molecule has 7 heteroatoms. The molecule has 25 heavy (non-hydrogen) atoms. The fraction of sp³-hybridized carbons (Fsp3) is 0.500. The number of carbonyl (C=O) groups is 1. The Morgan fingerprint density at radius 3 is 2.72 bits per heavy atom. The van der Waals surface area contributed by atoms with Gasteiger partial charge in [0, 0.05) is 12.5 Å². The second-order valence-corrected chi connectivity index (χ2v) is 6.56. The summed E-state index contributed by atoms with van der Waals surface area (Å²) in [7, 11) is 0. The molecule has 1 saturated carbocycles. The molecule has 1 aromatic carbocycles. The fourth-order valence-corrected chi connectivity index (χ4v) is 3.00. The molecule has 2 aromatic rings. The first-order valence-electron chi connectivity index (χ1n) is 8.71. The number of amides is 2. The van der Waals surface area contributed by atoms with Crippen LogP contribution in [0.3, 0.4) is 0 Å². The quantitative estimate of drug-likeness (QED) is 0.773.